The summed E-state index contributed by atoms with van der Waals surface area (Å²) in [7, 11) is 0.782. The molecule has 0 amide bonds. The van der Waals surface area contributed by atoms with Gasteiger partial charge in [0.05, 0.1) is 12.5 Å². The number of likely N-dealkylation sites (N-methyl/N-ethyl adjacent to an activating group) is 1. The van der Waals surface area contributed by atoms with Gasteiger partial charge in [0.15, 0.2) is 0 Å². The van der Waals surface area contributed by atoms with Gasteiger partial charge in [0.1, 0.15) is 0 Å². The molecule has 2 atom stereocenters. The molecule has 1 aliphatic rings. The molecular formula is C14H26N4O2S. The van der Waals surface area contributed by atoms with Gasteiger partial charge in [-0.2, -0.15) is 9.40 Å². The van der Waals surface area contributed by atoms with Crippen LogP contribution in [0.5, 0.6) is 0 Å². The van der Waals surface area contributed by atoms with Gasteiger partial charge in [-0.3, -0.25) is 9.58 Å². The lowest BCUT2D eigenvalue weighted by atomic mass is 10.0. The number of rotatable bonds is 5. The Bertz CT molecular complexity index is 582. The second kappa shape index (κ2) is 6.06. The molecule has 0 N–H and O–H groups in total. The lowest BCUT2D eigenvalue weighted by molar-refractivity contribution is 0.164. The monoisotopic (exact) mass is 314 g/mol. The third-order valence-electron chi connectivity index (χ3n) is 4.43. The van der Waals surface area contributed by atoms with E-state index in [0.717, 1.165) is 12.0 Å². The van der Waals surface area contributed by atoms with Crippen molar-refractivity contribution in [2.75, 3.05) is 19.8 Å². The van der Waals surface area contributed by atoms with Gasteiger partial charge in [-0.05, 0) is 39.3 Å². The van der Waals surface area contributed by atoms with Crippen LogP contribution < -0.4 is 0 Å². The first kappa shape index (κ1) is 16.5. The first-order chi connectivity index (χ1) is 9.70. The molecule has 1 aromatic heterocycles. The van der Waals surface area contributed by atoms with Crippen molar-refractivity contribution in [1.82, 2.24) is 19.0 Å². The molecular weight excluding hydrogens is 288 g/mol. The summed E-state index contributed by atoms with van der Waals surface area (Å²) in [5, 5.41) is 4.19. The topological polar surface area (TPSA) is 58.4 Å². The van der Waals surface area contributed by atoms with E-state index < -0.39 is 10.0 Å². The van der Waals surface area contributed by atoms with Crippen molar-refractivity contribution in [3.63, 3.8) is 0 Å². The molecule has 0 radical (unpaired) electrons. The van der Waals surface area contributed by atoms with Crippen molar-refractivity contribution in [2.45, 2.75) is 44.8 Å². The van der Waals surface area contributed by atoms with Crippen LogP contribution >= 0.6 is 0 Å². The molecule has 2 rings (SSSR count). The SMILES string of the molecule is CC(C)N(C)[C@@H]1CCN(S(C)(=O)=O)[C@H]1Cc1cnn(C)c1. The molecule has 6 nitrogen and oxygen atoms in total. The molecule has 21 heavy (non-hydrogen) atoms. The van der Waals surface area contributed by atoms with Crippen molar-refractivity contribution >= 4 is 10.0 Å². The van der Waals surface area contributed by atoms with Crippen LogP contribution in [0.4, 0.5) is 0 Å². The molecule has 0 spiro atoms. The van der Waals surface area contributed by atoms with E-state index in [1.54, 1.807) is 8.99 Å². The van der Waals surface area contributed by atoms with Gasteiger partial charge < -0.3 is 0 Å². The predicted molar refractivity (Wildman–Crippen MR) is 83.6 cm³/mol. The largest absolute Gasteiger partial charge is 0.299 e. The van der Waals surface area contributed by atoms with E-state index in [0.29, 0.717) is 19.0 Å². The van der Waals surface area contributed by atoms with Crippen LogP contribution in [0.25, 0.3) is 0 Å². The Morgan fingerprint density at radius 3 is 2.62 bits per heavy atom. The fourth-order valence-corrected chi connectivity index (χ4v) is 4.28. The number of nitrogens with zero attached hydrogens (tertiary/aromatic N) is 4. The van der Waals surface area contributed by atoms with Crippen LogP contribution in [0, 0.1) is 0 Å². The second-order valence-electron chi connectivity index (χ2n) is 6.28. The summed E-state index contributed by atoms with van der Waals surface area (Å²) >= 11 is 0. The molecule has 0 aromatic carbocycles. The maximum Gasteiger partial charge on any atom is 0.211 e. The Morgan fingerprint density at radius 1 is 1.48 bits per heavy atom. The average molecular weight is 314 g/mol. The number of aromatic nitrogens is 2. The highest BCUT2D eigenvalue weighted by Gasteiger charge is 2.41. The molecule has 2 heterocycles. The summed E-state index contributed by atoms with van der Waals surface area (Å²) in [6, 6.07) is 0.627. The summed E-state index contributed by atoms with van der Waals surface area (Å²) in [6.45, 7) is 4.89. The molecule has 120 valence electrons. The van der Waals surface area contributed by atoms with Gasteiger partial charge in [0.25, 0.3) is 0 Å². The fraction of sp³-hybridized carbons (Fsp3) is 0.786. The Balaban J connectivity index is 2.26. The smallest absolute Gasteiger partial charge is 0.211 e. The standard InChI is InChI=1S/C14H26N4O2S/c1-11(2)17(4)13-6-7-18(21(5,19)20)14(13)8-12-9-15-16(3)10-12/h9-11,13-14H,6-8H2,1-5H3/t13-,14+/m1/s1. The minimum Gasteiger partial charge on any atom is -0.299 e. The minimum absolute atomic E-state index is 0.0170. The maximum absolute atomic E-state index is 12.1. The Hall–Kier alpha value is -0.920. The number of aryl methyl sites for hydroxylation is 1. The quantitative estimate of drug-likeness (QED) is 0.803. The molecule has 0 bridgehead atoms. The van der Waals surface area contributed by atoms with Gasteiger partial charge in [-0.1, -0.05) is 0 Å². The van der Waals surface area contributed by atoms with Gasteiger partial charge in [0, 0.05) is 37.9 Å². The van der Waals surface area contributed by atoms with Crippen LogP contribution in [0.1, 0.15) is 25.8 Å². The van der Waals surface area contributed by atoms with Crippen LogP contribution in [0.2, 0.25) is 0 Å². The summed E-state index contributed by atoms with van der Waals surface area (Å²) in [6.07, 6.45) is 6.69. The number of hydrogen-bond acceptors (Lipinski definition) is 4. The van der Waals surface area contributed by atoms with Crippen molar-refractivity contribution in [2.24, 2.45) is 7.05 Å². The predicted octanol–water partition coefficient (Wildman–Crippen LogP) is 0.705. The third kappa shape index (κ3) is 3.64. The number of sulfonamides is 1. The fourth-order valence-electron chi connectivity index (χ4n) is 3.14. The van der Waals surface area contributed by atoms with Crippen LogP contribution in [0.15, 0.2) is 12.4 Å². The number of hydrogen-bond donors (Lipinski definition) is 0. The normalized spacial score (nSPS) is 24.3. The van der Waals surface area contributed by atoms with Crippen molar-refractivity contribution in [1.29, 1.82) is 0 Å². The molecule has 0 saturated carbocycles. The Kier molecular flexibility index (Phi) is 4.75. The zero-order chi connectivity index (χ0) is 15.8. The van der Waals surface area contributed by atoms with Gasteiger partial charge in [-0.25, -0.2) is 8.42 Å². The van der Waals surface area contributed by atoms with Gasteiger partial charge in [0.2, 0.25) is 10.0 Å². The summed E-state index contributed by atoms with van der Waals surface area (Å²) in [4.78, 5) is 2.28. The first-order valence-electron chi connectivity index (χ1n) is 7.36. The van der Waals surface area contributed by atoms with Crippen molar-refractivity contribution in [3.05, 3.63) is 18.0 Å². The molecule has 1 saturated heterocycles. The Morgan fingerprint density at radius 2 is 2.14 bits per heavy atom. The summed E-state index contributed by atoms with van der Waals surface area (Å²) in [5.41, 5.74) is 1.08. The summed E-state index contributed by atoms with van der Waals surface area (Å²) < 4.78 is 27.5. The van der Waals surface area contributed by atoms with E-state index in [1.807, 2.05) is 19.4 Å². The van der Waals surface area contributed by atoms with Crippen molar-refractivity contribution < 1.29 is 8.42 Å². The molecule has 0 unspecified atom stereocenters. The van der Waals surface area contributed by atoms with E-state index in [2.05, 4.69) is 30.9 Å². The maximum atomic E-state index is 12.1. The lowest BCUT2D eigenvalue weighted by Gasteiger charge is -2.34. The van der Waals surface area contributed by atoms with Gasteiger partial charge >= 0.3 is 0 Å². The highest BCUT2D eigenvalue weighted by atomic mass is 32.2. The van der Waals surface area contributed by atoms with Crippen LogP contribution in [0.3, 0.4) is 0 Å². The minimum atomic E-state index is -3.18. The molecule has 1 aliphatic heterocycles. The van der Waals surface area contributed by atoms with E-state index in [9.17, 15) is 8.42 Å². The zero-order valence-corrected chi connectivity index (χ0v) is 14.3. The van der Waals surface area contributed by atoms with E-state index in [1.165, 1.54) is 6.26 Å². The molecule has 1 fully saturated rings. The van der Waals surface area contributed by atoms with E-state index in [4.69, 9.17) is 0 Å². The van der Waals surface area contributed by atoms with Gasteiger partial charge in [-0.15, -0.1) is 0 Å². The van der Waals surface area contributed by atoms with Crippen molar-refractivity contribution in [3.8, 4) is 0 Å². The van der Waals surface area contributed by atoms with Crippen LogP contribution in [-0.2, 0) is 23.5 Å². The highest BCUT2D eigenvalue weighted by molar-refractivity contribution is 7.88. The van der Waals surface area contributed by atoms with Crippen LogP contribution in [-0.4, -0.2) is 65.4 Å². The highest BCUT2D eigenvalue weighted by Crippen LogP contribution is 2.28. The first-order valence-corrected chi connectivity index (χ1v) is 9.21. The third-order valence-corrected chi connectivity index (χ3v) is 5.73. The lowest BCUT2D eigenvalue weighted by Crippen LogP contribution is -2.48. The summed E-state index contributed by atoms with van der Waals surface area (Å²) in [5.74, 6) is 0. The molecule has 7 heteroatoms. The van der Waals surface area contributed by atoms with E-state index in [-0.39, 0.29) is 12.1 Å². The average Bonchev–Trinajstić information content (AvgIpc) is 2.94. The van der Waals surface area contributed by atoms with E-state index >= 15 is 0 Å². The zero-order valence-electron chi connectivity index (χ0n) is 13.5. The molecule has 0 aliphatic carbocycles. The Labute approximate surface area is 127 Å². The second-order valence-corrected chi connectivity index (χ2v) is 8.22. The molecule has 1 aromatic rings.